The number of halogens is 3. The van der Waals surface area contributed by atoms with Gasteiger partial charge >= 0.3 is 6.18 Å². The molecule has 0 unspecified atom stereocenters. The van der Waals surface area contributed by atoms with Crippen LogP contribution in [-0.4, -0.2) is 70.2 Å². The van der Waals surface area contributed by atoms with E-state index in [1.165, 1.54) is 21.5 Å². The standard InChI is InChI=1S/C20H23F3N4O3S/c21-20(22,23)18-2-1-7-24-19(18)26-8-10-27(11-9-26)31(28,29)17-5-3-16(4-6-17)25-12-14-30-15-13-25/h1-7H,8-15H2. The second kappa shape index (κ2) is 8.64. The average Bonchev–Trinajstić information content (AvgIpc) is 2.79. The number of hydrogen-bond donors (Lipinski definition) is 0. The van der Waals surface area contributed by atoms with E-state index in [4.69, 9.17) is 4.74 Å². The number of aromatic nitrogens is 1. The van der Waals surface area contributed by atoms with Gasteiger partial charge in [-0.3, -0.25) is 0 Å². The number of alkyl halides is 3. The maximum absolute atomic E-state index is 13.3. The molecule has 2 aliphatic heterocycles. The lowest BCUT2D eigenvalue weighted by Crippen LogP contribution is -2.49. The molecular weight excluding hydrogens is 433 g/mol. The van der Waals surface area contributed by atoms with Gasteiger partial charge in [0.05, 0.1) is 23.7 Å². The number of rotatable bonds is 4. The highest BCUT2D eigenvalue weighted by Gasteiger charge is 2.37. The minimum absolute atomic E-state index is 0.0847. The van der Waals surface area contributed by atoms with Gasteiger partial charge < -0.3 is 14.5 Å². The molecule has 0 bridgehead atoms. The van der Waals surface area contributed by atoms with E-state index < -0.39 is 21.8 Å². The van der Waals surface area contributed by atoms with Crippen molar-refractivity contribution in [3.8, 4) is 0 Å². The van der Waals surface area contributed by atoms with E-state index >= 15 is 0 Å². The zero-order valence-corrected chi connectivity index (χ0v) is 17.6. The molecule has 0 atom stereocenters. The maximum atomic E-state index is 13.3. The molecule has 3 heterocycles. The molecule has 4 rings (SSSR count). The molecule has 2 aromatic rings. The highest BCUT2D eigenvalue weighted by molar-refractivity contribution is 7.89. The van der Waals surface area contributed by atoms with Crippen LogP contribution in [0.5, 0.6) is 0 Å². The van der Waals surface area contributed by atoms with Crippen molar-refractivity contribution < 1.29 is 26.3 Å². The molecule has 168 valence electrons. The summed E-state index contributed by atoms with van der Waals surface area (Å²) in [5.74, 6) is -0.165. The summed E-state index contributed by atoms with van der Waals surface area (Å²) in [5, 5.41) is 0. The number of hydrogen-bond acceptors (Lipinski definition) is 6. The SMILES string of the molecule is O=S(=O)(c1ccc(N2CCOCC2)cc1)N1CCN(c2ncccc2C(F)(F)F)CC1. The van der Waals surface area contributed by atoms with E-state index in [1.807, 2.05) is 0 Å². The molecule has 0 radical (unpaired) electrons. The molecule has 0 saturated carbocycles. The first-order valence-corrected chi connectivity index (χ1v) is 11.4. The molecule has 2 aliphatic rings. The Bertz CT molecular complexity index is 1000. The highest BCUT2D eigenvalue weighted by atomic mass is 32.2. The van der Waals surface area contributed by atoms with E-state index in [0.717, 1.165) is 24.8 Å². The number of ether oxygens (including phenoxy) is 1. The molecule has 11 heteroatoms. The molecule has 2 fully saturated rings. The summed E-state index contributed by atoms with van der Waals surface area (Å²) in [6, 6.07) is 8.94. The summed E-state index contributed by atoms with van der Waals surface area (Å²) < 4.78 is 72.5. The first-order valence-electron chi connectivity index (χ1n) is 9.97. The van der Waals surface area contributed by atoms with Crippen molar-refractivity contribution in [2.45, 2.75) is 11.1 Å². The Kier molecular flexibility index (Phi) is 6.09. The van der Waals surface area contributed by atoms with Gasteiger partial charge in [0.2, 0.25) is 10.0 Å². The summed E-state index contributed by atoms with van der Waals surface area (Å²) in [7, 11) is -3.73. The predicted octanol–water partition coefficient (Wildman–Crippen LogP) is 2.45. The largest absolute Gasteiger partial charge is 0.419 e. The summed E-state index contributed by atoms with van der Waals surface area (Å²) in [6.07, 6.45) is -3.21. The number of piperazine rings is 1. The molecule has 2 saturated heterocycles. The topological polar surface area (TPSA) is 66.0 Å². The molecule has 0 amide bonds. The van der Waals surface area contributed by atoms with Crippen LogP contribution in [0.1, 0.15) is 5.56 Å². The van der Waals surface area contributed by atoms with Crippen molar-refractivity contribution in [2.75, 3.05) is 62.3 Å². The minimum Gasteiger partial charge on any atom is -0.378 e. The third-order valence-corrected chi connectivity index (χ3v) is 7.39. The Labute approximate surface area is 179 Å². The first-order chi connectivity index (χ1) is 14.8. The number of pyridine rings is 1. The van der Waals surface area contributed by atoms with Crippen LogP contribution in [-0.2, 0) is 20.9 Å². The first kappa shape index (κ1) is 21.8. The number of nitrogens with zero attached hydrogens (tertiary/aromatic N) is 4. The monoisotopic (exact) mass is 456 g/mol. The van der Waals surface area contributed by atoms with Crippen LogP contribution in [0.3, 0.4) is 0 Å². The van der Waals surface area contributed by atoms with Crippen molar-refractivity contribution >= 4 is 21.5 Å². The van der Waals surface area contributed by atoms with E-state index in [-0.39, 0.29) is 36.9 Å². The van der Waals surface area contributed by atoms with E-state index in [0.29, 0.717) is 13.2 Å². The van der Waals surface area contributed by atoms with Crippen molar-refractivity contribution in [1.82, 2.24) is 9.29 Å². The smallest absolute Gasteiger partial charge is 0.378 e. The molecule has 0 aliphatic carbocycles. The lowest BCUT2D eigenvalue weighted by molar-refractivity contribution is -0.137. The van der Waals surface area contributed by atoms with Crippen molar-refractivity contribution in [2.24, 2.45) is 0 Å². The quantitative estimate of drug-likeness (QED) is 0.704. The third kappa shape index (κ3) is 4.63. The Morgan fingerprint density at radius 2 is 1.52 bits per heavy atom. The Balaban J connectivity index is 1.45. The van der Waals surface area contributed by atoms with Crippen LogP contribution in [0, 0.1) is 0 Å². The van der Waals surface area contributed by atoms with Gasteiger partial charge in [0.15, 0.2) is 0 Å². The molecular formula is C20H23F3N4O3S. The molecule has 0 spiro atoms. The molecule has 7 nitrogen and oxygen atoms in total. The fourth-order valence-corrected chi connectivity index (χ4v) is 5.23. The van der Waals surface area contributed by atoms with Gasteiger partial charge in [0.25, 0.3) is 0 Å². The molecule has 1 aromatic heterocycles. The lowest BCUT2D eigenvalue weighted by Gasteiger charge is -2.35. The minimum atomic E-state index is -4.52. The van der Waals surface area contributed by atoms with Gasteiger partial charge in [-0.05, 0) is 36.4 Å². The van der Waals surface area contributed by atoms with Crippen LogP contribution in [0.4, 0.5) is 24.7 Å². The van der Waals surface area contributed by atoms with Gasteiger partial charge in [-0.2, -0.15) is 17.5 Å². The summed E-state index contributed by atoms with van der Waals surface area (Å²) in [5.41, 5.74) is 0.118. The van der Waals surface area contributed by atoms with Crippen LogP contribution >= 0.6 is 0 Å². The van der Waals surface area contributed by atoms with Gasteiger partial charge in [-0.25, -0.2) is 13.4 Å². The van der Waals surface area contributed by atoms with Crippen molar-refractivity contribution in [1.29, 1.82) is 0 Å². The van der Waals surface area contributed by atoms with Gasteiger partial charge in [0, 0.05) is 51.2 Å². The van der Waals surface area contributed by atoms with Crippen molar-refractivity contribution in [3.63, 3.8) is 0 Å². The predicted molar refractivity (Wildman–Crippen MR) is 110 cm³/mol. The van der Waals surface area contributed by atoms with Crippen molar-refractivity contribution in [3.05, 3.63) is 48.2 Å². The second-order valence-corrected chi connectivity index (χ2v) is 9.29. The Morgan fingerprint density at radius 1 is 0.871 bits per heavy atom. The molecule has 0 N–H and O–H groups in total. The van der Waals surface area contributed by atoms with Gasteiger partial charge in [-0.1, -0.05) is 0 Å². The second-order valence-electron chi connectivity index (χ2n) is 7.36. The van der Waals surface area contributed by atoms with Gasteiger partial charge in [0.1, 0.15) is 5.82 Å². The molecule has 31 heavy (non-hydrogen) atoms. The Morgan fingerprint density at radius 3 is 2.13 bits per heavy atom. The summed E-state index contributed by atoms with van der Waals surface area (Å²) in [6.45, 7) is 3.20. The fourth-order valence-electron chi connectivity index (χ4n) is 3.81. The molecule has 1 aromatic carbocycles. The fraction of sp³-hybridized carbons (Fsp3) is 0.450. The summed E-state index contributed by atoms with van der Waals surface area (Å²) in [4.78, 5) is 7.68. The maximum Gasteiger partial charge on any atom is 0.419 e. The van der Waals surface area contributed by atoms with E-state index in [2.05, 4.69) is 9.88 Å². The number of benzene rings is 1. The zero-order valence-electron chi connectivity index (χ0n) is 16.8. The Hall–Kier alpha value is -2.37. The average molecular weight is 456 g/mol. The van der Waals surface area contributed by atoms with Gasteiger partial charge in [-0.15, -0.1) is 0 Å². The van der Waals surface area contributed by atoms with E-state index in [1.54, 1.807) is 24.3 Å². The van der Waals surface area contributed by atoms with Crippen LogP contribution < -0.4 is 9.80 Å². The third-order valence-electron chi connectivity index (χ3n) is 5.48. The lowest BCUT2D eigenvalue weighted by atomic mass is 10.2. The zero-order chi connectivity index (χ0) is 22.1. The number of morpholine rings is 1. The van der Waals surface area contributed by atoms with Crippen LogP contribution in [0.15, 0.2) is 47.5 Å². The normalized spacial score (nSPS) is 18.9. The number of sulfonamides is 1. The number of anilines is 2. The highest BCUT2D eigenvalue weighted by Crippen LogP contribution is 2.35. The van der Waals surface area contributed by atoms with Crippen LogP contribution in [0.2, 0.25) is 0 Å². The summed E-state index contributed by atoms with van der Waals surface area (Å²) >= 11 is 0. The van der Waals surface area contributed by atoms with Crippen LogP contribution in [0.25, 0.3) is 0 Å². The van der Waals surface area contributed by atoms with E-state index in [9.17, 15) is 21.6 Å².